The molecule has 1 saturated heterocycles. The summed E-state index contributed by atoms with van der Waals surface area (Å²) in [5.41, 5.74) is 2.62. The second-order valence-electron chi connectivity index (χ2n) is 8.03. The van der Waals surface area contributed by atoms with Crippen LogP contribution in [0.3, 0.4) is 0 Å². The summed E-state index contributed by atoms with van der Waals surface area (Å²) in [6, 6.07) is 23.5. The van der Waals surface area contributed by atoms with E-state index < -0.39 is 0 Å². The van der Waals surface area contributed by atoms with Crippen LogP contribution < -0.4 is 4.74 Å². The summed E-state index contributed by atoms with van der Waals surface area (Å²) in [6.07, 6.45) is 2.27. The van der Waals surface area contributed by atoms with E-state index in [1.165, 1.54) is 32.0 Å². The maximum Gasteiger partial charge on any atom is 0.164 e. The van der Waals surface area contributed by atoms with Crippen LogP contribution in [0.5, 0.6) is 5.75 Å². The maximum absolute atomic E-state index is 5.33. The Morgan fingerprint density at radius 1 is 0.935 bits per heavy atom. The van der Waals surface area contributed by atoms with Gasteiger partial charge in [-0.15, -0.1) is 0 Å². The predicted molar refractivity (Wildman–Crippen MR) is 132 cm³/mol. The van der Waals surface area contributed by atoms with Crippen molar-refractivity contribution < 1.29 is 4.74 Å². The minimum atomic E-state index is 0.783. The van der Waals surface area contributed by atoms with Crippen molar-refractivity contribution in [3.05, 3.63) is 82.8 Å². The molecule has 158 valence electrons. The summed E-state index contributed by atoms with van der Waals surface area (Å²) in [5, 5.41) is 3.61. The molecule has 0 bridgehead atoms. The van der Waals surface area contributed by atoms with E-state index in [0.29, 0.717) is 0 Å². The van der Waals surface area contributed by atoms with Gasteiger partial charge in [0.15, 0.2) is 5.17 Å². The number of amidine groups is 1. The summed E-state index contributed by atoms with van der Waals surface area (Å²) < 4.78 is 5.33. The number of piperazine rings is 1. The minimum Gasteiger partial charge on any atom is -0.497 e. The Morgan fingerprint density at radius 2 is 1.71 bits per heavy atom. The molecular weight excluding hydrogens is 402 g/mol. The number of aliphatic imine (C=N–C) groups is 1. The summed E-state index contributed by atoms with van der Waals surface area (Å²) in [6.45, 7) is 6.08. The standard InChI is InChI=1S/C26H27N3OS/c1-30-24-10-9-22-15-21(7-8-23(22)17-24)16-25-18-27-26(31-25)29-13-11-28(12-14-29)19-20-5-3-2-4-6-20/h2-10,15-17H,11-14,18-19H2,1H3. The molecule has 0 aromatic heterocycles. The molecule has 0 amide bonds. The number of nitrogens with zero attached hydrogens (tertiary/aromatic N) is 3. The van der Waals surface area contributed by atoms with Gasteiger partial charge < -0.3 is 9.64 Å². The van der Waals surface area contributed by atoms with Crippen molar-refractivity contribution in [1.82, 2.24) is 9.80 Å². The molecule has 2 heterocycles. The number of benzene rings is 3. The molecule has 0 spiro atoms. The molecule has 4 nitrogen and oxygen atoms in total. The first-order valence-corrected chi connectivity index (χ1v) is 11.6. The Bertz CT molecular complexity index is 1120. The number of methoxy groups -OCH3 is 1. The van der Waals surface area contributed by atoms with Crippen molar-refractivity contribution in [1.29, 1.82) is 0 Å². The largest absolute Gasteiger partial charge is 0.497 e. The lowest BCUT2D eigenvalue weighted by molar-refractivity contribution is 0.177. The number of rotatable bonds is 4. The molecule has 0 N–H and O–H groups in total. The monoisotopic (exact) mass is 429 g/mol. The van der Waals surface area contributed by atoms with Crippen LogP contribution in [0.2, 0.25) is 0 Å². The highest BCUT2D eigenvalue weighted by molar-refractivity contribution is 8.17. The average Bonchev–Trinajstić information content (AvgIpc) is 3.28. The Labute approximate surface area is 188 Å². The summed E-state index contributed by atoms with van der Waals surface area (Å²) in [7, 11) is 1.71. The van der Waals surface area contributed by atoms with Crippen LogP contribution >= 0.6 is 11.8 Å². The van der Waals surface area contributed by atoms with Crippen molar-refractivity contribution in [2.24, 2.45) is 4.99 Å². The van der Waals surface area contributed by atoms with E-state index in [2.05, 4.69) is 76.5 Å². The van der Waals surface area contributed by atoms with Crippen LogP contribution in [0.25, 0.3) is 16.8 Å². The molecule has 1 fully saturated rings. The Morgan fingerprint density at radius 3 is 2.52 bits per heavy atom. The zero-order valence-electron chi connectivity index (χ0n) is 17.8. The first-order valence-electron chi connectivity index (χ1n) is 10.8. The van der Waals surface area contributed by atoms with Gasteiger partial charge in [0.2, 0.25) is 0 Å². The predicted octanol–water partition coefficient (Wildman–Crippen LogP) is 5.11. The Hall–Kier alpha value is -2.76. The van der Waals surface area contributed by atoms with Crippen LogP contribution in [0.1, 0.15) is 11.1 Å². The zero-order valence-corrected chi connectivity index (χ0v) is 18.6. The number of thioether (sulfide) groups is 1. The summed E-state index contributed by atoms with van der Waals surface area (Å²) in [5.74, 6) is 0.895. The highest BCUT2D eigenvalue weighted by Crippen LogP contribution is 2.30. The zero-order chi connectivity index (χ0) is 21.0. The van der Waals surface area contributed by atoms with E-state index >= 15 is 0 Å². The molecular formula is C26H27N3OS. The first kappa shape index (κ1) is 20.2. The maximum atomic E-state index is 5.33. The first-order chi connectivity index (χ1) is 15.3. The molecule has 5 rings (SSSR count). The second-order valence-corrected chi connectivity index (χ2v) is 9.13. The second kappa shape index (κ2) is 9.16. The minimum absolute atomic E-state index is 0.783. The van der Waals surface area contributed by atoms with Crippen LogP contribution in [0.15, 0.2) is 76.6 Å². The molecule has 3 aromatic rings. The molecule has 0 radical (unpaired) electrons. The SMILES string of the molecule is COc1ccc2cc(C=C3CN=C(N4CCN(Cc5ccccc5)CC4)S3)ccc2c1. The van der Waals surface area contributed by atoms with E-state index in [9.17, 15) is 0 Å². The van der Waals surface area contributed by atoms with E-state index in [1.807, 2.05) is 17.8 Å². The highest BCUT2D eigenvalue weighted by Gasteiger charge is 2.23. The van der Waals surface area contributed by atoms with Gasteiger partial charge in [-0.1, -0.05) is 60.3 Å². The van der Waals surface area contributed by atoms with Crippen molar-refractivity contribution in [3.8, 4) is 5.75 Å². The van der Waals surface area contributed by atoms with Gasteiger partial charge in [0.05, 0.1) is 13.7 Å². The van der Waals surface area contributed by atoms with Gasteiger partial charge in [-0.3, -0.25) is 9.89 Å². The van der Waals surface area contributed by atoms with Gasteiger partial charge in [-0.2, -0.15) is 0 Å². The molecule has 5 heteroatoms. The summed E-state index contributed by atoms with van der Waals surface area (Å²) in [4.78, 5) is 11.1. The Kier molecular flexibility index (Phi) is 5.96. The van der Waals surface area contributed by atoms with Gasteiger partial charge in [0.1, 0.15) is 5.75 Å². The lowest BCUT2D eigenvalue weighted by atomic mass is 10.1. The highest BCUT2D eigenvalue weighted by atomic mass is 32.2. The van der Waals surface area contributed by atoms with Gasteiger partial charge in [-0.05, 0) is 46.2 Å². The third kappa shape index (κ3) is 4.78. The lowest BCUT2D eigenvalue weighted by Crippen LogP contribution is -2.47. The smallest absolute Gasteiger partial charge is 0.164 e. The fourth-order valence-corrected chi connectivity index (χ4v) is 5.15. The van der Waals surface area contributed by atoms with Crippen LogP contribution in [0, 0.1) is 0 Å². The number of ether oxygens (including phenoxy) is 1. The van der Waals surface area contributed by atoms with Crippen LogP contribution in [-0.4, -0.2) is 54.8 Å². The molecule has 0 saturated carbocycles. The molecule has 3 aromatic carbocycles. The van der Waals surface area contributed by atoms with Gasteiger partial charge in [0.25, 0.3) is 0 Å². The van der Waals surface area contributed by atoms with E-state index in [1.54, 1.807) is 7.11 Å². The fraction of sp³-hybridized carbons (Fsp3) is 0.269. The van der Waals surface area contributed by atoms with E-state index in [-0.39, 0.29) is 0 Å². The van der Waals surface area contributed by atoms with Crippen LogP contribution in [-0.2, 0) is 6.54 Å². The van der Waals surface area contributed by atoms with E-state index in [0.717, 1.165) is 45.0 Å². The lowest BCUT2D eigenvalue weighted by Gasteiger charge is -2.35. The van der Waals surface area contributed by atoms with Crippen molar-refractivity contribution in [2.75, 3.05) is 39.8 Å². The molecule has 2 aliphatic rings. The fourth-order valence-electron chi connectivity index (χ4n) is 4.15. The quantitative estimate of drug-likeness (QED) is 0.576. The number of hydrogen-bond acceptors (Lipinski definition) is 5. The summed E-state index contributed by atoms with van der Waals surface area (Å²) >= 11 is 1.83. The van der Waals surface area contributed by atoms with Gasteiger partial charge in [-0.25, -0.2) is 0 Å². The van der Waals surface area contributed by atoms with Crippen molar-refractivity contribution >= 4 is 33.8 Å². The molecule has 0 atom stereocenters. The van der Waals surface area contributed by atoms with Crippen molar-refractivity contribution in [2.45, 2.75) is 6.54 Å². The third-order valence-corrected chi connectivity index (χ3v) is 6.96. The molecule has 2 aliphatic heterocycles. The van der Waals surface area contributed by atoms with Crippen LogP contribution in [0.4, 0.5) is 0 Å². The molecule has 31 heavy (non-hydrogen) atoms. The Balaban J connectivity index is 1.18. The van der Waals surface area contributed by atoms with Gasteiger partial charge in [0, 0.05) is 37.6 Å². The third-order valence-electron chi connectivity index (χ3n) is 5.88. The normalized spacial score (nSPS) is 18.5. The van der Waals surface area contributed by atoms with E-state index in [4.69, 9.17) is 9.73 Å². The molecule has 0 unspecified atom stereocenters. The molecule has 0 aliphatic carbocycles. The van der Waals surface area contributed by atoms with Crippen molar-refractivity contribution in [3.63, 3.8) is 0 Å². The van der Waals surface area contributed by atoms with Gasteiger partial charge >= 0.3 is 0 Å². The number of hydrogen-bond donors (Lipinski definition) is 0. The number of fused-ring (bicyclic) bond motifs is 1. The average molecular weight is 430 g/mol. The topological polar surface area (TPSA) is 28.1 Å².